The van der Waals surface area contributed by atoms with Crippen LogP contribution in [0.4, 0.5) is 0 Å². The van der Waals surface area contributed by atoms with E-state index in [4.69, 9.17) is 15.2 Å². The highest BCUT2D eigenvalue weighted by atomic mass is 16.5. The first-order chi connectivity index (χ1) is 9.07. The lowest BCUT2D eigenvalue weighted by Gasteiger charge is -2.48. The zero-order valence-electron chi connectivity index (χ0n) is 12.7. The van der Waals surface area contributed by atoms with E-state index in [9.17, 15) is 0 Å². The van der Waals surface area contributed by atoms with Gasteiger partial charge in [-0.15, -0.1) is 0 Å². The van der Waals surface area contributed by atoms with Gasteiger partial charge in [0.25, 0.3) is 0 Å². The van der Waals surface area contributed by atoms with Crippen LogP contribution in [0.2, 0.25) is 0 Å². The number of hydrogen-bond donors (Lipinski definition) is 1. The van der Waals surface area contributed by atoms with Gasteiger partial charge in [0.15, 0.2) is 0 Å². The van der Waals surface area contributed by atoms with E-state index in [1.807, 2.05) is 0 Å². The Morgan fingerprint density at radius 3 is 2.79 bits per heavy atom. The maximum atomic E-state index is 6.05. The fourth-order valence-electron chi connectivity index (χ4n) is 3.57. The fraction of sp³-hybridized carbons (Fsp3) is 1.00. The second-order valence-electron chi connectivity index (χ2n) is 6.56. The number of nitrogens with two attached hydrogens (primary N) is 1. The van der Waals surface area contributed by atoms with Crippen molar-refractivity contribution in [2.75, 3.05) is 26.8 Å². The molecule has 0 spiro atoms. The average molecular weight is 270 g/mol. The van der Waals surface area contributed by atoms with Crippen molar-refractivity contribution in [1.29, 1.82) is 0 Å². The van der Waals surface area contributed by atoms with Crippen LogP contribution in [0.5, 0.6) is 0 Å². The Hall–Kier alpha value is -0.160. The highest BCUT2D eigenvalue weighted by molar-refractivity contribution is 4.92. The van der Waals surface area contributed by atoms with Crippen LogP contribution >= 0.6 is 0 Å². The second-order valence-corrected chi connectivity index (χ2v) is 6.56. The van der Waals surface area contributed by atoms with Crippen molar-refractivity contribution in [3.05, 3.63) is 0 Å². The Morgan fingerprint density at radius 2 is 2.11 bits per heavy atom. The molecule has 0 radical (unpaired) electrons. The number of rotatable bonds is 5. The van der Waals surface area contributed by atoms with Gasteiger partial charge in [-0.2, -0.15) is 0 Å². The smallest absolute Gasteiger partial charge is 0.0731 e. The van der Waals surface area contributed by atoms with Crippen LogP contribution in [0.15, 0.2) is 0 Å². The lowest BCUT2D eigenvalue weighted by Crippen LogP contribution is -2.59. The van der Waals surface area contributed by atoms with Gasteiger partial charge < -0.3 is 15.2 Å². The molecular formula is C15H30N2O2. The molecule has 3 atom stereocenters. The predicted octanol–water partition coefficient (Wildman–Crippen LogP) is 1.77. The molecule has 1 aliphatic carbocycles. The molecule has 2 rings (SSSR count). The molecule has 0 aromatic rings. The summed E-state index contributed by atoms with van der Waals surface area (Å²) >= 11 is 0. The van der Waals surface area contributed by atoms with Gasteiger partial charge in [0.1, 0.15) is 0 Å². The summed E-state index contributed by atoms with van der Waals surface area (Å²) in [5, 5.41) is 0. The van der Waals surface area contributed by atoms with E-state index >= 15 is 0 Å². The molecule has 1 saturated carbocycles. The summed E-state index contributed by atoms with van der Waals surface area (Å²) in [4.78, 5) is 2.61. The van der Waals surface area contributed by atoms with Crippen LogP contribution in [0.1, 0.15) is 46.0 Å². The maximum absolute atomic E-state index is 6.05. The number of hydrogen-bond acceptors (Lipinski definition) is 4. The molecule has 1 heterocycles. The summed E-state index contributed by atoms with van der Waals surface area (Å²) in [6.45, 7) is 6.87. The molecule has 4 nitrogen and oxygen atoms in total. The van der Waals surface area contributed by atoms with Crippen LogP contribution in [-0.4, -0.2) is 55.5 Å². The normalized spacial score (nSPS) is 30.9. The molecule has 1 saturated heterocycles. The first-order valence-corrected chi connectivity index (χ1v) is 7.70. The van der Waals surface area contributed by atoms with Crippen LogP contribution in [0, 0.1) is 0 Å². The zero-order valence-corrected chi connectivity index (χ0v) is 12.7. The summed E-state index contributed by atoms with van der Waals surface area (Å²) in [7, 11) is 1.79. The van der Waals surface area contributed by atoms with Gasteiger partial charge in [0, 0.05) is 32.3 Å². The molecule has 2 N–H and O–H groups in total. The van der Waals surface area contributed by atoms with Gasteiger partial charge in [0.2, 0.25) is 0 Å². The van der Waals surface area contributed by atoms with Crippen molar-refractivity contribution >= 4 is 0 Å². The van der Waals surface area contributed by atoms with E-state index in [1.165, 1.54) is 25.7 Å². The van der Waals surface area contributed by atoms with E-state index in [-0.39, 0.29) is 5.60 Å². The van der Waals surface area contributed by atoms with E-state index in [1.54, 1.807) is 7.11 Å². The topological polar surface area (TPSA) is 47.7 Å². The number of nitrogens with zero attached hydrogens (tertiary/aromatic N) is 1. The van der Waals surface area contributed by atoms with Crippen molar-refractivity contribution in [3.63, 3.8) is 0 Å². The summed E-state index contributed by atoms with van der Waals surface area (Å²) in [6, 6.07) is 0.980. The molecule has 2 fully saturated rings. The van der Waals surface area contributed by atoms with Gasteiger partial charge >= 0.3 is 0 Å². The molecule has 1 aliphatic heterocycles. The Morgan fingerprint density at radius 1 is 1.37 bits per heavy atom. The third-order valence-electron chi connectivity index (χ3n) is 4.80. The summed E-state index contributed by atoms with van der Waals surface area (Å²) in [5.41, 5.74) is 5.94. The quantitative estimate of drug-likeness (QED) is 0.827. The number of methoxy groups -OCH3 is 1. The lowest BCUT2D eigenvalue weighted by atomic mass is 9.87. The minimum absolute atomic E-state index is 0.105. The SMILES string of the molecule is COC(C)(C)CC(CN)N1CCOC2CCCCC21. The minimum atomic E-state index is -0.105. The van der Waals surface area contributed by atoms with Crippen molar-refractivity contribution in [1.82, 2.24) is 4.90 Å². The van der Waals surface area contributed by atoms with Gasteiger partial charge in [-0.1, -0.05) is 12.8 Å². The number of ether oxygens (including phenoxy) is 2. The molecule has 4 heteroatoms. The molecule has 0 amide bonds. The van der Waals surface area contributed by atoms with Crippen LogP contribution in [0.3, 0.4) is 0 Å². The van der Waals surface area contributed by atoms with Crippen molar-refractivity contribution in [3.8, 4) is 0 Å². The number of fused-ring (bicyclic) bond motifs is 1. The van der Waals surface area contributed by atoms with Crippen LogP contribution in [0.25, 0.3) is 0 Å². The third kappa shape index (κ3) is 3.69. The Kier molecular flexibility index (Phi) is 5.23. The van der Waals surface area contributed by atoms with Gasteiger partial charge in [0.05, 0.1) is 18.3 Å². The highest BCUT2D eigenvalue weighted by Crippen LogP contribution is 2.31. The average Bonchev–Trinajstić information content (AvgIpc) is 2.44. The van der Waals surface area contributed by atoms with E-state index in [0.717, 1.165) is 19.6 Å². The standard InChI is InChI=1S/C15H30N2O2/c1-15(2,18-3)10-12(11-16)17-8-9-19-14-7-5-4-6-13(14)17/h12-14H,4-11,16H2,1-3H3. The Balaban J connectivity index is 2.03. The molecule has 0 aromatic heterocycles. The maximum Gasteiger partial charge on any atom is 0.0731 e. The molecule has 3 unspecified atom stereocenters. The summed E-state index contributed by atoms with van der Waals surface area (Å²) < 4.78 is 11.5. The van der Waals surface area contributed by atoms with Crippen LogP contribution < -0.4 is 5.73 Å². The van der Waals surface area contributed by atoms with Gasteiger partial charge in [-0.25, -0.2) is 0 Å². The first kappa shape index (κ1) is 15.2. The summed E-state index contributed by atoms with van der Waals surface area (Å²) in [6.07, 6.45) is 6.53. The second kappa shape index (κ2) is 6.53. The number of morpholine rings is 1. The largest absolute Gasteiger partial charge is 0.379 e. The highest BCUT2D eigenvalue weighted by Gasteiger charge is 2.38. The lowest BCUT2D eigenvalue weighted by molar-refractivity contribution is -0.112. The molecule has 0 aromatic carbocycles. The van der Waals surface area contributed by atoms with Crippen molar-refractivity contribution < 1.29 is 9.47 Å². The Labute approximate surface area is 117 Å². The predicted molar refractivity (Wildman–Crippen MR) is 77.2 cm³/mol. The monoisotopic (exact) mass is 270 g/mol. The van der Waals surface area contributed by atoms with Crippen molar-refractivity contribution in [2.24, 2.45) is 5.73 Å². The third-order valence-corrected chi connectivity index (χ3v) is 4.80. The molecule has 2 aliphatic rings. The van der Waals surface area contributed by atoms with Crippen LogP contribution in [-0.2, 0) is 9.47 Å². The van der Waals surface area contributed by atoms with E-state index in [0.29, 0.717) is 24.7 Å². The molecule has 0 bridgehead atoms. The fourth-order valence-corrected chi connectivity index (χ4v) is 3.57. The Bertz CT molecular complexity index is 281. The van der Waals surface area contributed by atoms with Crippen molar-refractivity contribution in [2.45, 2.75) is 69.7 Å². The molecule has 19 heavy (non-hydrogen) atoms. The van der Waals surface area contributed by atoms with Gasteiger partial charge in [-0.3, -0.25) is 4.90 Å². The molecule has 112 valence electrons. The van der Waals surface area contributed by atoms with Gasteiger partial charge in [-0.05, 0) is 33.1 Å². The zero-order chi connectivity index (χ0) is 13.9. The first-order valence-electron chi connectivity index (χ1n) is 7.70. The molecular weight excluding hydrogens is 240 g/mol. The summed E-state index contributed by atoms with van der Waals surface area (Å²) in [5.74, 6) is 0. The van der Waals surface area contributed by atoms with E-state index in [2.05, 4.69) is 18.7 Å². The minimum Gasteiger partial charge on any atom is -0.379 e. The van der Waals surface area contributed by atoms with E-state index < -0.39 is 0 Å².